The van der Waals surface area contributed by atoms with Gasteiger partial charge in [-0.3, -0.25) is 4.68 Å². The Bertz CT molecular complexity index is 315. The molecule has 0 spiro atoms. The highest BCUT2D eigenvalue weighted by atomic mass is 15.3. The van der Waals surface area contributed by atoms with Crippen LogP contribution < -0.4 is 5.32 Å². The summed E-state index contributed by atoms with van der Waals surface area (Å²) in [6, 6.07) is 0. The molecule has 3 nitrogen and oxygen atoms in total. The molecule has 3 heteroatoms. The molecule has 0 aliphatic heterocycles. The van der Waals surface area contributed by atoms with Gasteiger partial charge < -0.3 is 5.32 Å². The van der Waals surface area contributed by atoms with Crippen LogP contribution in [0.4, 0.5) is 0 Å². The summed E-state index contributed by atoms with van der Waals surface area (Å²) in [5.74, 6) is 0.623. The number of nitrogens with zero attached hydrogens (tertiary/aromatic N) is 2. The van der Waals surface area contributed by atoms with E-state index >= 15 is 0 Å². The van der Waals surface area contributed by atoms with Crippen LogP contribution in [-0.2, 0) is 13.0 Å². The number of rotatable bonds is 5. The van der Waals surface area contributed by atoms with E-state index < -0.39 is 0 Å². The van der Waals surface area contributed by atoms with Gasteiger partial charge in [0.1, 0.15) is 0 Å². The average molecular weight is 209 g/mol. The second-order valence-electron chi connectivity index (χ2n) is 4.35. The van der Waals surface area contributed by atoms with E-state index in [1.807, 2.05) is 7.05 Å². The SMILES string of the molecule is CCc1c(C)nn(CC(C)CNC)c1C. The van der Waals surface area contributed by atoms with Gasteiger partial charge in [0, 0.05) is 12.2 Å². The molecule has 1 heterocycles. The maximum absolute atomic E-state index is 4.59. The van der Waals surface area contributed by atoms with Crippen molar-refractivity contribution in [2.24, 2.45) is 5.92 Å². The van der Waals surface area contributed by atoms with Gasteiger partial charge in [-0.2, -0.15) is 5.10 Å². The second-order valence-corrected chi connectivity index (χ2v) is 4.35. The Morgan fingerprint density at radius 1 is 1.40 bits per heavy atom. The highest BCUT2D eigenvalue weighted by molar-refractivity contribution is 5.24. The minimum atomic E-state index is 0.623. The van der Waals surface area contributed by atoms with E-state index in [0.717, 1.165) is 19.5 Å². The first-order valence-corrected chi connectivity index (χ1v) is 5.77. The van der Waals surface area contributed by atoms with Crippen molar-refractivity contribution in [3.63, 3.8) is 0 Å². The third kappa shape index (κ3) is 2.81. The van der Waals surface area contributed by atoms with Crippen molar-refractivity contribution in [1.82, 2.24) is 15.1 Å². The Hall–Kier alpha value is -0.830. The first kappa shape index (κ1) is 12.2. The predicted octanol–water partition coefficient (Wildman–Crippen LogP) is 1.92. The van der Waals surface area contributed by atoms with Crippen LogP contribution in [0.25, 0.3) is 0 Å². The van der Waals surface area contributed by atoms with E-state index in [2.05, 4.69) is 42.8 Å². The fourth-order valence-corrected chi connectivity index (χ4v) is 2.13. The average Bonchev–Trinajstić information content (AvgIpc) is 2.42. The number of aryl methyl sites for hydroxylation is 1. The van der Waals surface area contributed by atoms with Crippen LogP contribution in [0.5, 0.6) is 0 Å². The van der Waals surface area contributed by atoms with Crippen molar-refractivity contribution in [3.8, 4) is 0 Å². The topological polar surface area (TPSA) is 29.9 Å². The number of nitrogens with one attached hydrogen (secondary N) is 1. The zero-order valence-electron chi connectivity index (χ0n) is 10.6. The van der Waals surface area contributed by atoms with Gasteiger partial charge in [-0.25, -0.2) is 0 Å². The summed E-state index contributed by atoms with van der Waals surface area (Å²) in [6.45, 7) is 10.8. The Labute approximate surface area is 92.9 Å². The summed E-state index contributed by atoms with van der Waals surface area (Å²) in [5.41, 5.74) is 3.93. The van der Waals surface area contributed by atoms with Gasteiger partial charge in [0.05, 0.1) is 5.69 Å². The zero-order valence-corrected chi connectivity index (χ0v) is 10.6. The van der Waals surface area contributed by atoms with E-state index in [9.17, 15) is 0 Å². The summed E-state index contributed by atoms with van der Waals surface area (Å²) < 4.78 is 2.15. The van der Waals surface area contributed by atoms with Crippen LogP contribution in [0.3, 0.4) is 0 Å². The fraction of sp³-hybridized carbons (Fsp3) is 0.750. The fourth-order valence-electron chi connectivity index (χ4n) is 2.13. The van der Waals surface area contributed by atoms with Gasteiger partial charge in [-0.15, -0.1) is 0 Å². The van der Waals surface area contributed by atoms with E-state index in [-0.39, 0.29) is 0 Å². The molecule has 15 heavy (non-hydrogen) atoms. The van der Waals surface area contributed by atoms with Crippen molar-refractivity contribution < 1.29 is 0 Å². The Kier molecular flexibility index (Phi) is 4.33. The van der Waals surface area contributed by atoms with Crippen LogP contribution in [0.1, 0.15) is 30.8 Å². The van der Waals surface area contributed by atoms with Crippen molar-refractivity contribution >= 4 is 0 Å². The van der Waals surface area contributed by atoms with Crippen molar-refractivity contribution in [3.05, 3.63) is 17.0 Å². The highest BCUT2D eigenvalue weighted by Gasteiger charge is 2.11. The normalized spacial score (nSPS) is 13.1. The van der Waals surface area contributed by atoms with E-state index in [4.69, 9.17) is 0 Å². The van der Waals surface area contributed by atoms with Crippen LogP contribution >= 0.6 is 0 Å². The maximum atomic E-state index is 4.59. The van der Waals surface area contributed by atoms with Gasteiger partial charge >= 0.3 is 0 Å². The molecular weight excluding hydrogens is 186 g/mol. The third-order valence-electron chi connectivity index (χ3n) is 2.92. The van der Waals surface area contributed by atoms with Gasteiger partial charge in [0.25, 0.3) is 0 Å². The van der Waals surface area contributed by atoms with Crippen LogP contribution in [0, 0.1) is 19.8 Å². The lowest BCUT2D eigenvalue weighted by molar-refractivity contribution is 0.428. The van der Waals surface area contributed by atoms with E-state index in [1.165, 1.54) is 17.0 Å². The molecule has 86 valence electrons. The standard InChI is InChI=1S/C12H23N3/c1-6-12-10(3)14-15(11(12)4)8-9(2)7-13-5/h9,13H,6-8H2,1-5H3. The zero-order chi connectivity index (χ0) is 11.4. The van der Waals surface area contributed by atoms with Crippen molar-refractivity contribution in [2.45, 2.75) is 40.7 Å². The molecule has 1 unspecified atom stereocenters. The monoisotopic (exact) mass is 209 g/mol. The molecule has 0 radical (unpaired) electrons. The minimum Gasteiger partial charge on any atom is -0.319 e. The highest BCUT2D eigenvalue weighted by Crippen LogP contribution is 2.14. The van der Waals surface area contributed by atoms with Gasteiger partial charge in [0.2, 0.25) is 0 Å². The van der Waals surface area contributed by atoms with Crippen molar-refractivity contribution in [1.29, 1.82) is 0 Å². The van der Waals surface area contributed by atoms with Crippen LogP contribution in [0.15, 0.2) is 0 Å². The van der Waals surface area contributed by atoms with Crippen LogP contribution in [-0.4, -0.2) is 23.4 Å². The lowest BCUT2D eigenvalue weighted by Gasteiger charge is -2.12. The summed E-state index contributed by atoms with van der Waals surface area (Å²) in [5, 5.41) is 7.79. The van der Waals surface area contributed by atoms with Gasteiger partial charge in [-0.05, 0) is 45.3 Å². The van der Waals surface area contributed by atoms with Crippen LogP contribution in [0.2, 0.25) is 0 Å². The van der Waals surface area contributed by atoms with Gasteiger partial charge in [0.15, 0.2) is 0 Å². The van der Waals surface area contributed by atoms with Gasteiger partial charge in [-0.1, -0.05) is 13.8 Å². The molecule has 0 bridgehead atoms. The molecule has 0 fully saturated rings. The molecule has 1 N–H and O–H groups in total. The molecule has 0 aliphatic carbocycles. The Balaban J connectivity index is 2.77. The molecule has 0 amide bonds. The third-order valence-corrected chi connectivity index (χ3v) is 2.92. The van der Waals surface area contributed by atoms with E-state index in [1.54, 1.807) is 0 Å². The lowest BCUT2D eigenvalue weighted by Crippen LogP contribution is -2.21. The number of hydrogen-bond donors (Lipinski definition) is 1. The minimum absolute atomic E-state index is 0.623. The molecule has 1 rings (SSSR count). The number of aromatic nitrogens is 2. The molecule has 0 aliphatic rings. The number of hydrogen-bond acceptors (Lipinski definition) is 2. The quantitative estimate of drug-likeness (QED) is 0.803. The molecule has 1 aromatic heterocycles. The summed E-state index contributed by atoms with van der Waals surface area (Å²) >= 11 is 0. The first-order valence-electron chi connectivity index (χ1n) is 5.77. The molecule has 0 saturated carbocycles. The summed E-state index contributed by atoms with van der Waals surface area (Å²) in [6.07, 6.45) is 1.08. The van der Waals surface area contributed by atoms with Crippen molar-refractivity contribution in [2.75, 3.05) is 13.6 Å². The summed E-state index contributed by atoms with van der Waals surface area (Å²) in [4.78, 5) is 0. The molecule has 1 aromatic rings. The molecule has 0 aromatic carbocycles. The maximum Gasteiger partial charge on any atom is 0.0628 e. The smallest absolute Gasteiger partial charge is 0.0628 e. The second kappa shape index (κ2) is 5.31. The largest absolute Gasteiger partial charge is 0.319 e. The predicted molar refractivity (Wildman–Crippen MR) is 64.2 cm³/mol. The molecular formula is C12H23N3. The lowest BCUT2D eigenvalue weighted by atomic mass is 10.1. The Morgan fingerprint density at radius 3 is 2.53 bits per heavy atom. The molecule has 0 saturated heterocycles. The Morgan fingerprint density at radius 2 is 2.07 bits per heavy atom. The van der Waals surface area contributed by atoms with E-state index in [0.29, 0.717) is 5.92 Å². The molecule has 1 atom stereocenters. The summed E-state index contributed by atoms with van der Waals surface area (Å²) in [7, 11) is 2.00. The first-order chi connectivity index (χ1) is 7.10.